The van der Waals surface area contributed by atoms with Crippen LogP contribution in [0.1, 0.15) is 77.2 Å². The number of carboxylic acid groups (broad SMARTS) is 1. The molecule has 0 atom stereocenters. The van der Waals surface area contributed by atoms with Crippen LogP contribution in [0, 0.1) is 0 Å². The minimum atomic E-state index is -2.18. The molecule has 3 nitrogen and oxygen atoms in total. The van der Waals surface area contributed by atoms with Gasteiger partial charge in [0.25, 0.3) is 8.32 Å². The molecular weight excluding hydrogens is 316 g/mol. The van der Waals surface area contributed by atoms with E-state index in [9.17, 15) is 9.90 Å². The van der Waals surface area contributed by atoms with Gasteiger partial charge in [0.05, 0.1) is 0 Å². The summed E-state index contributed by atoms with van der Waals surface area (Å²) in [7, 11) is -2.18. The molecule has 24 heavy (non-hydrogen) atoms. The molecule has 0 amide bonds. The molecule has 136 valence electrons. The van der Waals surface area contributed by atoms with Crippen LogP contribution in [0.4, 0.5) is 0 Å². The molecule has 0 aliphatic heterocycles. The maximum absolute atomic E-state index is 11.8. The summed E-state index contributed by atoms with van der Waals surface area (Å²) in [6, 6.07) is 5.54. The van der Waals surface area contributed by atoms with Crippen molar-refractivity contribution in [2.45, 2.75) is 84.4 Å². The summed E-state index contributed by atoms with van der Waals surface area (Å²) < 4.78 is 6.77. The van der Waals surface area contributed by atoms with E-state index in [1.165, 1.54) is 0 Å². The standard InChI is InChI=1S/C20H34O3Si/c1-8-9-11-17-12-10-13-18(20(21)22)19(17)23-24(14(2)3,15(4)5)16(6)7/h10,12-16H,8-9,11H2,1-7H3,(H,21,22). The van der Waals surface area contributed by atoms with E-state index < -0.39 is 14.3 Å². The van der Waals surface area contributed by atoms with Gasteiger partial charge in [-0.3, -0.25) is 0 Å². The van der Waals surface area contributed by atoms with Crippen LogP contribution in [0.25, 0.3) is 0 Å². The first-order valence-corrected chi connectivity index (χ1v) is 11.4. The van der Waals surface area contributed by atoms with Crippen molar-refractivity contribution in [3.05, 3.63) is 29.3 Å². The Labute approximate surface area is 148 Å². The highest BCUT2D eigenvalue weighted by Gasteiger charge is 2.47. The Morgan fingerprint density at radius 2 is 1.62 bits per heavy atom. The number of aromatic carboxylic acids is 1. The summed E-state index contributed by atoms with van der Waals surface area (Å²) in [6.07, 6.45) is 2.99. The lowest BCUT2D eigenvalue weighted by Crippen LogP contribution is -2.51. The highest BCUT2D eigenvalue weighted by atomic mass is 28.4. The van der Waals surface area contributed by atoms with E-state index in [1.54, 1.807) is 6.07 Å². The average molecular weight is 351 g/mol. The Bertz CT molecular complexity index is 528. The van der Waals surface area contributed by atoms with Crippen LogP contribution in [-0.2, 0) is 6.42 Å². The Morgan fingerprint density at radius 1 is 1.08 bits per heavy atom. The molecule has 1 rings (SSSR count). The van der Waals surface area contributed by atoms with Crippen LogP contribution >= 0.6 is 0 Å². The summed E-state index contributed by atoms with van der Waals surface area (Å²) in [5.41, 5.74) is 2.59. The Hall–Kier alpha value is -1.29. The molecule has 0 radical (unpaired) electrons. The predicted molar refractivity (Wildman–Crippen MR) is 104 cm³/mol. The van der Waals surface area contributed by atoms with Crippen LogP contribution in [0.15, 0.2) is 18.2 Å². The van der Waals surface area contributed by atoms with Gasteiger partial charge in [-0.05, 0) is 41.1 Å². The van der Waals surface area contributed by atoms with E-state index in [1.807, 2.05) is 12.1 Å². The van der Waals surface area contributed by atoms with Gasteiger partial charge in [-0.25, -0.2) is 4.79 Å². The molecule has 1 aromatic rings. The van der Waals surface area contributed by atoms with E-state index in [0.29, 0.717) is 27.9 Å². The highest BCUT2D eigenvalue weighted by molar-refractivity contribution is 6.78. The maximum Gasteiger partial charge on any atom is 0.339 e. The number of carbonyl (C=O) groups is 1. The van der Waals surface area contributed by atoms with Crippen LogP contribution in [0.5, 0.6) is 5.75 Å². The third-order valence-electron chi connectivity index (χ3n) is 5.11. The lowest BCUT2D eigenvalue weighted by atomic mass is 10.0. The van der Waals surface area contributed by atoms with Crippen molar-refractivity contribution in [1.29, 1.82) is 0 Å². The lowest BCUT2D eigenvalue weighted by molar-refractivity contribution is 0.0694. The summed E-state index contributed by atoms with van der Waals surface area (Å²) in [4.78, 5) is 11.8. The largest absolute Gasteiger partial charge is 0.542 e. The third-order valence-corrected chi connectivity index (χ3v) is 11.1. The minimum absolute atomic E-state index is 0.308. The Balaban J connectivity index is 3.48. The predicted octanol–water partition coefficient (Wildman–Crippen LogP) is 6.28. The molecular formula is C20H34O3Si. The summed E-state index contributed by atoms with van der Waals surface area (Å²) in [5.74, 6) is -0.274. The monoisotopic (exact) mass is 350 g/mol. The molecule has 0 heterocycles. The molecule has 0 aromatic heterocycles. The molecule has 4 heteroatoms. The number of unbranched alkanes of at least 4 members (excludes halogenated alkanes) is 1. The fraction of sp³-hybridized carbons (Fsp3) is 0.650. The first-order valence-electron chi connectivity index (χ1n) is 9.22. The second-order valence-electron chi connectivity index (χ2n) is 7.62. The van der Waals surface area contributed by atoms with Gasteiger partial charge in [-0.2, -0.15) is 0 Å². The minimum Gasteiger partial charge on any atom is -0.542 e. The number of carboxylic acids is 1. The van der Waals surface area contributed by atoms with Crippen molar-refractivity contribution >= 4 is 14.3 Å². The molecule has 0 saturated heterocycles. The van der Waals surface area contributed by atoms with Gasteiger partial charge in [0.2, 0.25) is 0 Å². The zero-order chi connectivity index (χ0) is 18.5. The fourth-order valence-corrected chi connectivity index (χ4v) is 9.27. The van der Waals surface area contributed by atoms with E-state index >= 15 is 0 Å². The smallest absolute Gasteiger partial charge is 0.339 e. The first kappa shape index (κ1) is 20.8. The van der Waals surface area contributed by atoms with E-state index in [0.717, 1.165) is 24.8 Å². The Kier molecular flexibility index (Phi) is 7.52. The van der Waals surface area contributed by atoms with Crippen molar-refractivity contribution in [2.24, 2.45) is 0 Å². The number of aryl methyl sites for hydroxylation is 1. The van der Waals surface area contributed by atoms with Gasteiger partial charge in [-0.1, -0.05) is 67.0 Å². The number of hydrogen-bond donors (Lipinski definition) is 1. The van der Waals surface area contributed by atoms with Crippen LogP contribution in [0.2, 0.25) is 16.6 Å². The molecule has 1 N–H and O–H groups in total. The topological polar surface area (TPSA) is 46.5 Å². The summed E-state index contributed by atoms with van der Waals surface area (Å²) >= 11 is 0. The molecule has 0 aliphatic carbocycles. The van der Waals surface area contributed by atoms with Crippen molar-refractivity contribution in [3.63, 3.8) is 0 Å². The quantitative estimate of drug-likeness (QED) is 0.533. The zero-order valence-electron chi connectivity index (χ0n) is 16.3. The van der Waals surface area contributed by atoms with Crippen LogP contribution in [0.3, 0.4) is 0 Å². The first-order chi connectivity index (χ1) is 11.2. The molecule has 0 fully saturated rings. The van der Waals surface area contributed by atoms with Crippen molar-refractivity contribution < 1.29 is 14.3 Å². The molecule has 0 bridgehead atoms. The zero-order valence-corrected chi connectivity index (χ0v) is 17.3. The van der Waals surface area contributed by atoms with Gasteiger partial charge in [0.1, 0.15) is 11.3 Å². The molecule has 0 spiro atoms. The second kappa shape index (κ2) is 8.70. The van der Waals surface area contributed by atoms with Crippen molar-refractivity contribution in [2.75, 3.05) is 0 Å². The number of hydrogen-bond acceptors (Lipinski definition) is 2. The number of benzene rings is 1. The normalized spacial score (nSPS) is 12.2. The summed E-state index contributed by atoms with van der Waals surface area (Å²) in [6.45, 7) is 15.5. The fourth-order valence-electron chi connectivity index (χ4n) is 3.97. The number of para-hydroxylation sites is 1. The SMILES string of the molecule is CCCCc1cccc(C(=O)O)c1O[Si](C(C)C)(C(C)C)C(C)C. The van der Waals surface area contributed by atoms with Gasteiger partial charge in [0, 0.05) is 0 Å². The summed E-state index contributed by atoms with van der Waals surface area (Å²) in [5, 5.41) is 9.66. The maximum atomic E-state index is 11.8. The number of rotatable bonds is 9. The van der Waals surface area contributed by atoms with Crippen LogP contribution < -0.4 is 4.43 Å². The second-order valence-corrected chi connectivity index (χ2v) is 13.0. The van der Waals surface area contributed by atoms with Gasteiger partial charge < -0.3 is 9.53 Å². The van der Waals surface area contributed by atoms with E-state index in [2.05, 4.69) is 48.5 Å². The van der Waals surface area contributed by atoms with Crippen molar-refractivity contribution in [3.8, 4) is 5.75 Å². The van der Waals surface area contributed by atoms with Crippen LogP contribution in [-0.4, -0.2) is 19.4 Å². The van der Waals surface area contributed by atoms with E-state index in [-0.39, 0.29) is 0 Å². The molecule has 0 unspecified atom stereocenters. The van der Waals surface area contributed by atoms with Gasteiger partial charge >= 0.3 is 5.97 Å². The molecule has 0 saturated carbocycles. The third kappa shape index (κ3) is 4.21. The average Bonchev–Trinajstić information content (AvgIpc) is 2.49. The molecule has 0 aliphatic rings. The Morgan fingerprint density at radius 3 is 2.04 bits per heavy atom. The van der Waals surface area contributed by atoms with Gasteiger partial charge in [0.15, 0.2) is 0 Å². The van der Waals surface area contributed by atoms with Crippen molar-refractivity contribution in [1.82, 2.24) is 0 Å². The van der Waals surface area contributed by atoms with Gasteiger partial charge in [-0.15, -0.1) is 0 Å². The van der Waals surface area contributed by atoms with E-state index in [4.69, 9.17) is 4.43 Å². The molecule has 1 aromatic carbocycles. The lowest BCUT2D eigenvalue weighted by Gasteiger charge is -2.43. The highest BCUT2D eigenvalue weighted by Crippen LogP contribution is 2.44.